The highest BCUT2D eigenvalue weighted by Crippen LogP contribution is 2.20. The van der Waals surface area contributed by atoms with E-state index in [1.807, 2.05) is 24.3 Å². The molecule has 0 saturated carbocycles. The first-order chi connectivity index (χ1) is 16.1. The lowest BCUT2D eigenvalue weighted by atomic mass is 10.1. The van der Waals surface area contributed by atoms with Crippen molar-refractivity contribution < 1.29 is 9.53 Å². The Morgan fingerprint density at radius 3 is 2.30 bits per heavy atom. The lowest BCUT2D eigenvalue weighted by Crippen LogP contribution is -2.41. The first-order valence-corrected chi connectivity index (χ1v) is 12.6. The molecule has 5 nitrogen and oxygen atoms in total. The lowest BCUT2D eigenvalue weighted by molar-refractivity contribution is -0.132. The second-order valence-corrected chi connectivity index (χ2v) is 8.90. The monoisotopic (exact) mass is 453 g/mol. The van der Waals surface area contributed by atoms with E-state index in [1.165, 1.54) is 44.1 Å². The molecular weight excluding hydrogens is 410 g/mol. The molecule has 0 saturated heterocycles. The number of hydrogen-bond donors (Lipinski definition) is 2. The van der Waals surface area contributed by atoms with Crippen LogP contribution in [0.15, 0.2) is 54.6 Å². The standard InChI is InChI=1S/C28H43N3O2/c1-31(28(32)26(30)19-12-13-21-29)23-25-18-10-11-20-27(25)33-22-14-5-3-2-4-7-15-24-16-8-6-9-17-24/h6,8-11,16-18,20,26H,2-5,7,12-15,19,21-23,29-30H2,1H3/t26-/m1/s1. The van der Waals surface area contributed by atoms with E-state index < -0.39 is 6.04 Å². The van der Waals surface area contributed by atoms with Crippen molar-refractivity contribution in [2.24, 2.45) is 11.5 Å². The van der Waals surface area contributed by atoms with Gasteiger partial charge in [0.05, 0.1) is 12.6 Å². The summed E-state index contributed by atoms with van der Waals surface area (Å²) >= 11 is 0. The molecule has 2 aromatic rings. The number of unbranched alkanes of at least 4 members (excludes halogenated alkanes) is 6. The summed E-state index contributed by atoms with van der Waals surface area (Å²) < 4.78 is 6.06. The van der Waals surface area contributed by atoms with E-state index in [9.17, 15) is 4.79 Å². The van der Waals surface area contributed by atoms with Crippen molar-refractivity contribution in [2.75, 3.05) is 20.2 Å². The Morgan fingerprint density at radius 1 is 0.879 bits per heavy atom. The Hall–Kier alpha value is -2.37. The predicted octanol–water partition coefficient (Wildman–Crippen LogP) is 5.06. The first kappa shape index (κ1) is 26.9. The third-order valence-corrected chi connectivity index (χ3v) is 6.00. The normalized spacial score (nSPS) is 11.8. The van der Waals surface area contributed by atoms with Crippen LogP contribution in [0.3, 0.4) is 0 Å². The molecule has 0 radical (unpaired) electrons. The first-order valence-electron chi connectivity index (χ1n) is 12.6. The van der Waals surface area contributed by atoms with Gasteiger partial charge in [-0.15, -0.1) is 0 Å². The number of aryl methyl sites for hydroxylation is 1. The molecule has 2 rings (SSSR count). The van der Waals surface area contributed by atoms with Crippen LogP contribution in [0.25, 0.3) is 0 Å². The van der Waals surface area contributed by atoms with Crippen molar-refractivity contribution in [3.05, 3.63) is 65.7 Å². The van der Waals surface area contributed by atoms with Crippen molar-refractivity contribution in [3.63, 3.8) is 0 Å². The second-order valence-electron chi connectivity index (χ2n) is 8.90. The quantitative estimate of drug-likeness (QED) is 0.328. The lowest BCUT2D eigenvalue weighted by Gasteiger charge is -2.22. The van der Waals surface area contributed by atoms with Crippen LogP contribution in [0.4, 0.5) is 0 Å². The minimum Gasteiger partial charge on any atom is -0.493 e. The Bertz CT molecular complexity index is 782. The minimum atomic E-state index is -0.470. The molecule has 182 valence electrons. The Labute approximate surface area is 200 Å². The summed E-state index contributed by atoms with van der Waals surface area (Å²) in [6.07, 6.45) is 10.9. The molecule has 0 aromatic heterocycles. The largest absolute Gasteiger partial charge is 0.493 e. The minimum absolute atomic E-state index is 0.0333. The van der Waals surface area contributed by atoms with Gasteiger partial charge in [0.1, 0.15) is 5.75 Å². The summed E-state index contributed by atoms with van der Waals surface area (Å²) in [5.74, 6) is 0.825. The van der Waals surface area contributed by atoms with E-state index in [1.54, 1.807) is 11.9 Å². The SMILES string of the molecule is CN(Cc1ccccc1OCCCCCCCCc1ccccc1)C(=O)[C@H](N)CCCCN. The van der Waals surface area contributed by atoms with Gasteiger partial charge in [0.25, 0.3) is 0 Å². The number of amides is 1. The molecule has 5 heteroatoms. The Morgan fingerprint density at radius 2 is 1.55 bits per heavy atom. The zero-order chi connectivity index (χ0) is 23.7. The van der Waals surface area contributed by atoms with Crippen LogP contribution in [0.5, 0.6) is 5.75 Å². The number of carbonyl (C=O) groups is 1. The third kappa shape index (κ3) is 10.9. The highest BCUT2D eigenvalue weighted by molar-refractivity contribution is 5.81. The fourth-order valence-corrected chi connectivity index (χ4v) is 3.99. The maximum absolute atomic E-state index is 12.6. The van der Waals surface area contributed by atoms with Crippen LogP contribution in [0.1, 0.15) is 68.9 Å². The number of hydrogen-bond acceptors (Lipinski definition) is 4. The fraction of sp³-hybridized carbons (Fsp3) is 0.536. The summed E-state index contributed by atoms with van der Waals surface area (Å²) in [6, 6.07) is 18.2. The molecule has 0 aliphatic rings. The van der Waals surface area contributed by atoms with Gasteiger partial charge in [-0.3, -0.25) is 4.79 Å². The molecule has 33 heavy (non-hydrogen) atoms. The Balaban J connectivity index is 1.62. The van der Waals surface area contributed by atoms with E-state index in [0.29, 0.717) is 26.1 Å². The van der Waals surface area contributed by atoms with E-state index in [-0.39, 0.29) is 5.91 Å². The number of ether oxygens (including phenoxy) is 1. The summed E-state index contributed by atoms with van der Waals surface area (Å²) in [4.78, 5) is 14.3. The predicted molar refractivity (Wildman–Crippen MR) is 137 cm³/mol. The fourth-order valence-electron chi connectivity index (χ4n) is 3.99. The van der Waals surface area contributed by atoms with Crippen molar-refractivity contribution in [3.8, 4) is 5.75 Å². The van der Waals surface area contributed by atoms with Gasteiger partial charge in [-0.25, -0.2) is 0 Å². The van der Waals surface area contributed by atoms with Crippen molar-refractivity contribution in [1.82, 2.24) is 4.90 Å². The van der Waals surface area contributed by atoms with Gasteiger partial charge in [-0.05, 0) is 50.3 Å². The summed E-state index contributed by atoms with van der Waals surface area (Å²) in [5.41, 5.74) is 14.1. The molecule has 0 unspecified atom stereocenters. The van der Waals surface area contributed by atoms with Crippen LogP contribution in [0, 0.1) is 0 Å². The number of nitrogens with zero attached hydrogens (tertiary/aromatic N) is 1. The van der Waals surface area contributed by atoms with Crippen LogP contribution >= 0.6 is 0 Å². The van der Waals surface area contributed by atoms with E-state index in [4.69, 9.17) is 16.2 Å². The maximum atomic E-state index is 12.6. The molecule has 2 aromatic carbocycles. The molecule has 1 atom stereocenters. The van der Waals surface area contributed by atoms with Gasteiger partial charge in [-0.1, -0.05) is 80.6 Å². The molecule has 0 aliphatic heterocycles. The summed E-state index contributed by atoms with van der Waals surface area (Å²) in [7, 11) is 1.81. The zero-order valence-electron chi connectivity index (χ0n) is 20.4. The average molecular weight is 454 g/mol. The van der Waals surface area contributed by atoms with Gasteiger partial charge in [0.15, 0.2) is 0 Å². The van der Waals surface area contributed by atoms with E-state index in [0.717, 1.165) is 30.6 Å². The summed E-state index contributed by atoms with van der Waals surface area (Å²) in [5, 5.41) is 0. The molecule has 0 bridgehead atoms. The van der Waals surface area contributed by atoms with Crippen LogP contribution in [-0.2, 0) is 17.8 Å². The molecule has 0 fully saturated rings. The number of nitrogens with two attached hydrogens (primary N) is 2. The van der Waals surface area contributed by atoms with Crippen LogP contribution < -0.4 is 16.2 Å². The van der Waals surface area contributed by atoms with Crippen LogP contribution in [0.2, 0.25) is 0 Å². The smallest absolute Gasteiger partial charge is 0.239 e. The van der Waals surface area contributed by atoms with Gasteiger partial charge >= 0.3 is 0 Å². The molecule has 0 heterocycles. The van der Waals surface area contributed by atoms with Gasteiger partial charge in [-0.2, -0.15) is 0 Å². The van der Waals surface area contributed by atoms with E-state index >= 15 is 0 Å². The highest BCUT2D eigenvalue weighted by Gasteiger charge is 2.18. The topological polar surface area (TPSA) is 81.6 Å². The van der Waals surface area contributed by atoms with Crippen LogP contribution in [-0.4, -0.2) is 37.0 Å². The number of para-hydroxylation sites is 1. The second kappa shape index (κ2) is 16.3. The van der Waals surface area contributed by atoms with Crippen molar-refractivity contribution >= 4 is 5.91 Å². The third-order valence-electron chi connectivity index (χ3n) is 6.00. The van der Waals surface area contributed by atoms with Gasteiger partial charge < -0.3 is 21.1 Å². The van der Waals surface area contributed by atoms with E-state index in [2.05, 4.69) is 30.3 Å². The van der Waals surface area contributed by atoms with Crippen molar-refractivity contribution in [1.29, 1.82) is 0 Å². The highest BCUT2D eigenvalue weighted by atomic mass is 16.5. The molecule has 4 N–H and O–H groups in total. The molecule has 0 spiro atoms. The molecular formula is C28H43N3O2. The van der Waals surface area contributed by atoms with Gasteiger partial charge in [0, 0.05) is 19.2 Å². The molecule has 1 amide bonds. The Kier molecular flexibility index (Phi) is 13.3. The molecule has 0 aliphatic carbocycles. The maximum Gasteiger partial charge on any atom is 0.239 e. The number of carbonyl (C=O) groups excluding carboxylic acids is 1. The number of rotatable bonds is 17. The van der Waals surface area contributed by atoms with Gasteiger partial charge in [0.2, 0.25) is 5.91 Å². The van der Waals surface area contributed by atoms with Crippen molar-refractivity contribution in [2.45, 2.75) is 76.8 Å². The number of benzene rings is 2. The average Bonchev–Trinajstić information content (AvgIpc) is 2.84. The zero-order valence-corrected chi connectivity index (χ0v) is 20.4. The summed E-state index contributed by atoms with van der Waals surface area (Å²) in [6.45, 7) is 1.84. The number of likely N-dealkylation sites (N-methyl/N-ethyl adjacent to an activating group) is 1.